The predicted octanol–water partition coefficient (Wildman–Crippen LogP) is 5.39. The minimum Gasteiger partial charge on any atom is -0.493 e. The molecule has 1 N–H and O–H groups in total. The third-order valence-electron chi connectivity index (χ3n) is 4.02. The molecule has 1 heterocycles. The maximum atomic E-state index is 10.9. The molecule has 0 saturated heterocycles. The van der Waals surface area contributed by atoms with Crippen molar-refractivity contribution in [2.24, 2.45) is 0 Å². The molecule has 1 aromatic heterocycles. The van der Waals surface area contributed by atoms with Gasteiger partial charge in [0.15, 0.2) is 11.5 Å². The van der Waals surface area contributed by atoms with E-state index in [0.29, 0.717) is 22.8 Å². The van der Waals surface area contributed by atoms with Gasteiger partial charge in [0.05, 0.1) is 18.8 Å². The zero-order valence-corrected chi connectivity index (χ0v) is 17.0. The van der Waals surface area contributed by atoms with Crippen LogP contribution in [-0.4, -0.2) is 18.2 Å². The Morgan fingerprint density at radius 3 is 2.55 bits per heavy atom. The molecule has 0 bridgehead atoms. The van der Waals surface area contributed by atoms with Crippen molar-refractivity contribution in [3.8, 4) is 17.6 Å². The summed E-state index contributed by atoms with van der Waals surface area (Å²) in [6.45, 7) is 0.0567. The molecule has 6 nitrogen and oxygen atoms in total. The second-order valence-electron chi connectivity index (χ2n) is 5.95. The Hall–Kier alpha value is -3.50. The summed E-state index contributed by atoms with van der Waals surface area (Å²) in [7, 11) is 1.52. The Labute approximate surface area is 175 Å². The van der Waals surface area contributed by atoms with Gasteiger partial charge in [-0.15, -0.1) is 0 Å². The van der Waals surface area contributed by atoms with Crippen molar-refractivity contribution in [2.75, 3.05) is 7.11 Å². The smallest absolute Gasteiger partial charge is 0.371 e. The number of hydrogen-bond acceptors (Lipinski definition) is 5. The van der Waals surface area contributed by atoms with E-state index in [1.54, 1.807) is 30.3 Å². The highest BCUT2D eigenvalue weighted by molar-refractivity contribution is 9.10. The van der Waals surface area contributed by atoms with Gasteiger partial charge < -0.3 is 19.0 Å². The Morgan fingerprint density at radius 2 is 1.93 bits per heavy atom. The number of nitriles is 1. The first kappa shape index (κ1) is 20.2. The summed E-state index contributed by atoms with van der Waals surface area (Å²) in [5, 5.41) is 18.4. The molecule has 0 amide bonds. The third-order valence-corrected chi connectivity index (χ3v) is 4.55. The molecule has 0 aliphatic heterocycles. The number of hydrogen-bond donors (Lipinski definition) is 1. The Balaban J connectivity index is 1.79. The van der Waals surface area contributed by atoms with Crippen molar-refractivity contribution in [3.63, 3.8) is 0 Å². The Morgan fingerprint density at radius 1 is 1.17 bits per heavy atom. The average Bonchev–Trinajstić information content (AvgIpc) is 3.21. The second-order valence-corrected chi connectivity index (χ2v) is 6.86. The lowest BCUT2D eigenvalue weighted by Crippen LogP contribution is -1.97. The fraction of sp³-hybridized carbons (Fsp3) is 0.0909. The summed E-state index contributed by atoms with van der Waals surface area (Å²) >= 11 is 3.38. The zero-order valence-electron chi connectivity index (χ0n) is 15.4. The number of methoxy groups -OCH3 is 1. The van der Waals surface area contributed by atoms with E-state index in [2.05, 4.69) is 22.0 Å². The van der Waals surface area contributed by atoms with Gasteiger partial charge in [0.1, 0.15) is 12.4 Å². The average molecular weight is 454 g/mol. The number of ether oxygens (including phenoxy) is 2. The molecule has 29 heavy (non-hydrogen) atoms. The molecule has 0 spiro atoms. The van der Waals surface area contributed by atoms with Crippen molar-refractivity contribution in [3.05, 3.63) is 81.7 Å². The summed E-state index contributed by atoms with van der Waals surface area (Å²) < 4.78 is 17.2. The fourth-order valence-corrected chi connectivity index (χ4v) is 2.85. The van der Waals surface area contributed by atoms with Gasteiger partial charge in [-0.3, -0.25) is 0 Å². The molecule has 146 valence electrons. The molecule has 0 radical (unpaired) electrons. The predicted molar refractivity (Wildman–Crippen MR) is 111 cm³/mol. The normalized spacial score (nSPS) is 11.0. The van der Waals surface area contributed by atoms with Crippen LogP contribution in [0.15, 0.2) is 63.5 Å². The summed E-state index contributed by atoms with van der Waals surface area (Å²) in [4.78, 5) is 10.9. The number of carboxylic acids is 1. The molecule has 3 rings (SSSR count). The van der Waals surface area contributed by atoms with E-state index in [4.69, 9.17) is 19.0 Å². The molecule has 0 aliphatic rings. The van der Waals surface area contributed by atoms with Crippen molar-refractivity contribution >= 4 is 33.5 Å². The molecule has 0 fully saturated rings. The van der Waals surface area contributed by atoms with Crippen LogP contribution in [0.1, 0.15) is 27.4 Å². The first-order valence-corrected chi connectivity index (χ1v) is 9.30. The number of allylic oxidation sites excluding steroid dienone is 1. The molecule has 0 saturated carbocycles. The number of rotatable bonds is 7. The first-order valence-electron chi connectivity index (χ1n) is 8.50. The van der Waals surface area contributed by atoms with Crippen LogP contribution in [0.25, 0.3) is 11.6 Å². The highest BCUT2D eigenvalue weighted by Crippen LogP contribution is 2.31. The van der Waals surface area contributed by atoms with Crippen LogP contribution in [0, 0.1) is 11.3 Å². The van der Waals surface area contributed by atoms with E-state index in [1.165, 1.54) is 13.2 Å². The van der Waals surface area contributed by atoms with Gasteiger partial charge in [-0.05, 0) is 53.6 Å². The van der Waals surface area contributed by atoms with Gasteiger partial charge in [-0.25, -0.2) is 4.79 Å². The highest BCUT2D eigenvalue weighted by atomic mass is 79.9. The third kappa shape index (κ3) is 5.06. The molecule has 3 aromatic rings. The molecule has 0 unspecified atom stereocenters. The molecule has 0 atom stereocenters. The van der Waals surface area contributed by atoms with E-state index < -0.39 is 5.97 Å². The monoisotopic (exact) mass is 453 g/mol. The minimum absolute atomic E-state index is 0.0567. The van der Waals surface area contributed by atoms with E-state index in [9.17, 15) is 10.1 Å². The molecular formula is C22H16BrNO5. The quantitative estimate of drug-likeness (QED) is 0.380. The summed E-state index contributed by atoms with van der Waals surface area (Å²) in [5.74, 6) is 0.0597. The fourth-order valence-electron chi connectivity index (χ4n) is 2.59. The standard InChI is InChI=1S/C22H16BrNO5/c1-27-21-11-14(10-16(12-24)15-3-5-17(23)6-4-15)2-8-19(21)28-13-18-7-9-20(29-18)22(25)26/h2-11H,13H2,1H3,(H,25,26)/b16-10-. The molecular weight excluding hydrogens is 438 g/mol. The van der Waals surface area contributed by atoms with Gasteiger partial charge in [-0.1, -0.05) is 34.1 Å². The zero-order chi connectivity index (χ0) is 20.8. The SMILES string of the molecule is COc1cc(/C=C(/C#N)c2ccc(Br)cc2)ccc1OCc1ccc(C(=O)O)o1. The van der Waals surface area contributed by atoms with Crippen LogP contribution in [0.4, 0.5) is 0 Å². The van der Waals surface area contributed by atoms with E-state index >= 15 is 0 Å². The molecule has 7 heteroatoms. The van der Waals surface area contributed by atoms with Crippen LogP contribution in [0.5, 0.6) is 11.5 Å². The van der Waals surface area contributed by atoms with E-state index in [1.807, 2.05) is 24.3 Å². The van der Waals surface area contributed by atoms with Crippen LogP contribution in [-0.2, 0) is 6.61 Å². The maximum absolute atomic E-state index is 10.9. The van der Waals surface area contributed by atoms with Crippen LogP contribution >= 0.6 is 15.9 Å². The van der Waals surface area contributed by atoms with Crippen LogP contribution < -0.4 is 9.47 Å². The number of aromatic carboxylic acids is 1. The topological polar surface area (TPSA) is 92.7 Å². The van der Waals surface area contributed by atoms with Crippen molar-refractivity contribution in [2.45, 2.75) is 6.61 Å². The molecule has 0 aliphatic carbocycles. The number of carbonyl (C=O) groups is 1. The largest absolute Gasteiger partial charge is 0.493 e. The number of furan rings is 1. The van der Waals surface area contributed by atoms with Gasteiger partial charge >= 0.3 is 5.97 Å². The number of nitrogens with zero attached hydrogens (tertiary/aromatic N) is 1. The minimum atomic E-state index is -1.14. The lowest BCUT2D eigenvalue weighted by atomic mass is 10.0. The maximum Gasteiger partial charge on any atom is 0.371 e. The molecule has 2 aromatic carbocycles. The summed E-state index contributed by atoms with van der Waals surface area (Å²) in [6.07, 6.45) is 1.77. The van der Waals surface area contributed by atoms with Gasteiger partial charge in [-0.2, -0.15) is 5.26 Å². The van der Waals surface area contributed by atoms with Crippen molar-refractivity contribution in [1.29, 1.82) is 5.26 Å². The Bertz CT molecular complexity index is 1090. The van der Waals surface area contributed by atoms with Crippen LogP contribution in [0.3, 0.4) is 0 Å². The number of carboxylic acid groups (broad SMARTS) is 1. The number of benzene rings is 2. The van der Waals surface area contributed by atoms with Crippen molar-refractivity contribution < 1.29 is 23.8 Å². The summed E-state index contributed by atoms with van der Waals surface area (Å²) in [6, 6.07) is 17.9. The van der Waals surface area contributed by atoms with Gasteiger partial charge in [0, 0.05) is 4.47 Å². The van der Waals surface area contributed by atoms with E-state index in [-0.39, 0.29) is 12.4 Å². The lowest BCUT2D eigenvalue weighted by Gasteiger charge is -2.10. The Kier molecular flexibility index (Phi) is 6.37. The lowest BCUT2D eigenvalue weighted by molar-refractivity contribution is 0.0658. The highest BCUT2D eigenvalue weighted by Gasteiger charge is 2.11. The van der Waals surface area contributed by atoms with Crippen molar-refractivity contribution in [1.82, 2.24) is 0 Å². The van der Waals surface area contributed by atoms with Gasteiger partial charge in [0.25, 0.3) is 0 Å². The second kappa shape index (κ2) is 9.13. The van der Waals surface area contributed by atoms with Gasteiger partial charge in [0.2, 0.25) is 5.76 Å². The number of halogens is 1. The first-order chi connectivity index (χ1) is 14.0. The summed E-state index contributed by atoms with van der Waals surface area (Å²) in [5.41, 5.74) is 2.10. The van der Waals surface area contributed by atoms with Crippen LogP contribution in [0.2, 0.25) is 0 Å². The van der Waals surface area contributed by atoms with E-state index in [0.717, 1.165) is 15.6 Å².